The topological polar surface area (TPSA) is 73.7 Å². The first-order chi connectivity index (χ1) is 15.5. The molecule has 1 aliphatic carbocycles. The standard InChI is InChI=1S/C25H37N5O2/c1-17(2)24(31)29-13-10-20-22(16-29)26-23-14-21(27-30(23)25(20)32)19-8-11-28(12-9-19)15-18-6-4-3-5-7-18/h14,17-19,27H,3-13,15-16H2,1-2H3. The molecule has 2 aromatic heterocycles. The molecule has 0 aromatic carbocycles. The highest BCUT2D eigenvalue weighted by atomic mass is 16.2. The van der Waals surface area contributed by atoms with Crippen LogP contribution in [0.25, 0.3) is 5.65 Å². The van der Waals surface area contributed by atoms with E-state index in [1.165, 1.54) is 38.6 Å². The van der Waals surface area contributed by atoms with Gasteiger partial charge < -0.3 is 9.80 Å². The highest BCUT2D eigenvalue weighted by Crippen LogP contribution is 2.30. The van der Waals surface area contributed by atoms with Crippen LogP contribution < -0.4 is 5.56 Å². The van der Waals surface area contributed by atoms with Gasteiger partial charge in [0.05, 0.1) is 12.2 Å². The van der Waals surface area contributed by atoms with Crippen LogP contribution in [-0.2, 0) is 17.8 Å². The molecule has 2 aliphatic heterocycles. The molecule has 5 rings (SSSR count). The van der Waals surface area contributed by atoms with Crippen LogP contribution in [0.15, 0.2) is 10.9 Å². The number of hydrogen-bond donors (Lipinski definition) is 1. The molecular formula is C25H37N5O2. The summed E-state index contributed by atoms with van der Waals surface area (Å²) >= 11 is 0. The van der Waals surface area contributed by atoms with E-state index in [1.54, 1.807) is 4.52 Å². The number of nitrogens with zero attached hydrogens (tertiary/aromatic N) is 4. The van der Waals surface area contributed by atoms with Crippen molar-refractivity contribution in [1.29, 1.82) is 0 Å². The Bertz CT molecular complexity index is 1020. The summed E-state index contributed by atoms with van der Waals surface area (Å²) in [6, 6.07) is 2.06. The van der Waals surface area contributed by atoms with E-state index in [4.69, 9.17) is 4.98 Å². The Morgan fingerprint density at radius 3 is 2.59 bits per heavy atom. The van der Waals surface area contributed by atoms with Gasteiger partial charge in [0.15, 0.2) is 5.65 Å². The van der Waals surface area contributed by atoms with Crippen LogP contribution in [0.2, 0.25) is 0 Å². The first-order valence-electron chi connectivity index (χ1n) is 12.6. The Labute approximate surface area is 190 Å². The van der Waals surface area contributed by atoms with E-state index in [0.29, 0.717) is 31.1 Å². The lowest BCUT2D eigenvalue weighted by molar-refractivity contribution is -0.135. The van der Waals surface area contributed by atoms with Gasteiger partial charge in [0.25, 0.3) is 5.56 Å². The monoisotopic (exact) mass is 439 g/mol. The van der Waals surface area contributed by atoms with Crippen LogP contribution in [0.3, 0.4) is 0 Å². The predicted molar refractivity (Wildman–Crippen MR) is 125 cm³/mol. The summed E-state index contributed by atoms with van der Waals surface area (Å²) in [6.45, 7) is 8.42. The van der Waals surface area contributed by atoms with Crippen molar-refractivity contribution in [2.24, 2.45) is 11.8 Å². The summed E-state index contributed by atoms with van der Waals surface area (Å²) < 4.78 is 1.63. The minimum Gasteiger partial charge on any atom is -0.336 e. The summed E-state index contributed by atoms with van der Waals surface area (Å²) in [7, 11) is 0. The van der Waals surface area contributed by atoms with Gasteiger partial charge in [-0.05, 0) is 51.1 Å². The van der Waals surface area contributed by atoms with Crippen LogP contribution in [0, 0.1) is 11.8 Å². The highest BCUT2D eigenvalue weighted by Gasteiger charge is 2.28. The minimum atomic E-state index is -0.0378. The van der Waals surface area contributed by atoms with E-state index >= 15 is 0 Å². The van der Waals surface area contributed by atoms with Crippen molar-refractivity contribution in [2.45, 2.75) is 77.7 Å². The summed E-state index contributed by atoms with van der Waals surface area (Å²) in [5, 5.41) is 3.37. The van der Waals surface area contributed by atoms with Crippen LogP contribution in [0.4, 0.5) is 0 Å². The fourth-order valence-electron chi connectivity index (χ4n) is 5.94. The minimum absolute atomic E-state index is 0.00244. The molecule has 2 fully saturated rings. The molecule has 7 nitrogen and oxygen atoms in total. The zero-order valence-corrected chi connectivity index (χ0v) is 19.6. The highest BCUT2D eigenvalue weighted by molar-refractivity contribution is 5.78. The Morgan fingerprint density at radius 2 is 1.88 bits per heavy atom. The fraction of sp³-hybridized carbons (Fsp3) is 0.720. The Hall–Kier alpha value is -2.15. The SMILES string of the molecule is CC(C)C(=O)N1CCc2c(nc3cc(C4CCN(CC5CCCCC5)CC4)[nH]n3c2=O)C1. The van der Waals surface area contributed by atoms with Gasteiger partial charge >= 0.3 is 0 Å². The lowest BCUT2D eigenvalue weighted by Crippen LogP contribution is -2.41. The largest absolute Gasteiger partial charge is 0.336 e. The number of aromatic nitrogens is 3. The van der Waals surface area contributed by atoms with Gasteiger partial charge in [-0.2, -0.15) is 0 Å². The van der Waals surface area contributed by atoms with E-state index in [0.717, 1.165) is 48.8 Å². The van der Waals surface area contributed by atoms with Gasteiger partial charge in [0.1, 0.15) is 0 Å². The maximum Gasteiger partial charge on any atom is 0.276 e. The molecule has 1 saturated carbocycles. The van der Waals surface area contributed by atoms with Crippen molar-refractivity contribution in [3.8, 4) is 0 Å². The molecule has 4 heterocycles. The third-order valence-electron chi connectivity index (χ3n) is 7.86. The second-order valence-electron chi connectivity index (χ2n) is 10.5. The number of nitrogens with one attached hydrogen (secondary N) is 1. The Morgan fingerprint density at radius 1 is 1.12 bits per heavy atom. The molecule has 0 unspecified atom stereocenters. The third-order valence-corrected chi connectivity index (χ3v) is 7.86. The molecule has 1 amide bonds. The van der Waals surface area contributed by atoms with Gasteiger partial charge in [-0.1, -0.05) is 33.1 Å². The number of rotatable bonds is 4. The summed E-state index contributed by atoms with van der Waals surface area (Å²) in [4.78, 5) is 34.9. The summed E-state index contributed by atoms with van der Waals surface area (Å²) in [6.07, 6.45) is 9.88. The summed E-state index contributed by atoms with van der Waals surface area (Å²) in [5.41, 5.74) is 3.34. The van der Waals surface area contributed by atoms with Crippen molar-refractivity contribution in [3.05, 3.63) is 33.4 Å². The Balaban J connectivity index is 1.29. The van der Waals surface area contributed by atoms with E-state index in [9.17, 15) is 9.59 Å². The van der Waals surface area contributed by atoms with Gasteiger partial charge in [-0.3, -0.25) is 14.7 Å². The van der Waals surface area contributed by atoms with Gasteiger partial charge in [-0.15, -0.1) is 0 Å². The quantitative estimate of drug-likeness (QED) is 0.793. The van der Waals surface area contributed by atoms with E-state index in [1.807, 2.05) is 18.7 Å². The smallest absolute Gasteiger partial charge is 0.276 e. The number of likely N-dealkylation sites (tertiary alicyclic amines) is 1. The van der Waals surface area contributed by atoms with Gasteiger partial charge in [-0.25, -0.2) is 9.50 Å². The molecule has 1 N–H and O–H groups in total. The normalized spacial score (nSPS) is 21.4. The molecule has 2 aromatic rings. The van der Waals surface area contributed by atoms with Crippen molar-refractivity contribution < 1.29 is 4.79 Å². The number of H-pyrrole nitrogens is 1. The molecule has 1 saturated heterocycles. The van der Waals surface area contributed by atoms with Crippen LogP contribution in [-0.4, -0.2) is 56.5 Å². The zero-order valence-electron chi connectivity index (χ0n) is 19.6. The van der Waals surface area contributed by atoms with Gasteiger partial charge in [0, 0.05) is 42.2 Å². The Kier molecular flexibility index (Phi) is 6.10. The van der Waals surface area contributed by atoms with Crippen molar-refractivity contribution >= 4 is 11.6 Å². The summed E-state index contributed by atoms with van der Waals surface area (Å²) in [5.74, 6) is 1.44. The van der Waals surface area contributed by atoms with Crippen LogP contribution >= 0.6 is 0 Å². The van der Waals surface area contributed by atoms with E-state index in [2.05, 4.69) is 16.1 Å². The average Bonchev–Trinajstić information content (AvgIpc) is 3.24. The first-order valence-corrected chi connectivity index (χ1v) is 12.6. The zero-order chi connectivity index (χ0) is 22.2. The van der Waals surface area contributed by atoms with E-state index in [-0.39, 0.29) is 17.4 Å². The molecule has 3 aliphatic rings. The van der Waals surface area contributed by atoms with Crippen molar-refractivity contribution in [2.75, 3.05) is 26.2 Å². The first kappa shape index (κ1) is 21.7. The number of piperidine rings is 1. The maximum absolute atomic E-state index is 13.1. The van der Waals surface area contributed by atoms with Crippen LogP contribution in [0.5, 0.6) is 0 Å². The predicted octanol–water partition coefficient (Wildman–Crippen LogP) is 3.32. The molecule has 7 heteroatoms. The molecule has 0 radical (unpaired) electrons. The number of amides is 1. The van der Waals surface area contributed by atoms with Crippen molar-refractivity contribution in [1.82, 2.24) is 24.4 Å². The number of carbonyl (C=O) groups is 1. The molecular weight excluding hydrogens is 402 g/mol. The number of carbonyl (C=O) groups excluding carboxylic acids is 1. The average molecular weight is 440 g/mol. The molecule has 32 heavy (non-hydrogen) atoms. The molecule has 0 spiro atoms. The van der Waals surface area contributed by atoms with Gasteiger partial charge in [0.2, 0.25) is 5.91 Å². The lowest BCUT2D eigenvalue weighted by Gasteiger charge is -2.35. The third kappa shape index (κ3) is 4.24. The number of aromatic amines is 1. The number of hydrogen-bond acceptors (Lipinski definition) is 4. The molecule has 0 atom stereocenters. The number of fused-ring (bicyclic) bond motifs is 2. The second kappa shape index (κ2) is 9.00. The lowest BCUT2D eigenvalue weighted by atomic mass is 9.87. The molecule has 174 valence electrons. The second-order valence-corrected chi connectivity index (χ2v) is 10.5. The van der Waals surface area contributed by atoms with Crippen LogP contribution in [0.1, 0.15) is 81.7 Å². The fourth-order valence-corrected chi connectivity index (χ4v) is 5.94. The maximum atomic E-state index is 13.1. The van der Waals surface area contributed by atoms with Crippen molar-refractivity contribution in [3.63, 3.8) is 0 Å². The molecule has 0 bridgehead atoms. The van der Waals surface area contributed by atoms with E-state index < -0.39 is 0 Å².